The van der Waals surface area contributed by atoms with Crippen LogP contribution in [-0.2, 0) is 4.74 Å². The number of carbonyl (C=O) groups excluding carboxylic acids is 1. The summed E-state index contributed by atoms with van der Waals surface area (Å²) in [6.07, 6.45) is 2.15. The molecule has 0 aliphatic carbocycles. The van der Waals surface area contributed by atoms with Crippen LogP contribution in [0.5, 0.6) is 0 Å². The van der Waals surface area contributed by atoms with Crippen LogP contribution in [0.4, 0.5) is 0 Å². The first-order valence-corrected chi connectivity index (χ1v) is 7.51. The SMILES string of the molecule is Cc1ccc(C(=O)CSC2CCOCC2)c(C)c1. The quantitative estimate of drug-likeness (QED) is 0.780. The average Bonchev–Trinajstić information content (AvgIpc) is 2.37. The minimum absolute atomic E-state index is 0.254. The second-order valence-corrected chi connectivity index (χ2v) is 6.15. The van der Waals surface area contributed by atoms with Crippen molar-refractivity contribution in [2.45, 2.75) is 31.9 Å². The summed E-state index contributed by atoms with van der Waals surface area (Å²) in [5.41, 5.74) is 3.17. The molecule has 0 N–H and O–H groups in total. The van der Waals surface area contributed by atoms with Crippen molar-refractivity contribution in [3.05, 3.63) is 34.9 Å². The molecule has 2 rings (SSSR count). The first-order valence-electron chi connectivity index (χ1n) is 6.46. The van der Waals surface area contributed by atoms with Crippen LogP contribution in [0.2, 0.25) is 0 Å². The Kier molecular flexibility index (Phi) is 4.84. The van der Waals surface area contributed by atoms with E-state index >= 15 is 0 Å². The van der Waals surface area contributed by atoms with Crippen LogP contribution >= 0.6 is 11.8 Å². The predicted octanol–water partition coefficient (Wildman–Crippen LogP) is 3.40. The summed E-state index contributed by atoms with van der Waals surface area (Å²) in [7, 11) is 0. The second-order valence-electron chi connectivity index (χ2n) is 4.86. The van der Waals surface area contributed by atoms with Crippen LogP contribution in [-0.4, -0.2) is 30.0 Å². The number of thioether (sulfide) groups is 1. The first kappa shape index (κ1) is 13.6. The molecule has 1 saturated heterocycles. The lowest BCUT2D eigenvalue weighted by Crippen LogP contribution is -2.19. The zero-order valence-electron chi connectivity index (χ0n) is 11.1. The Labute approximate surface area is 113 Å². The van der Waals surface area contributed by atoms with E-state index in [-0.39, 0.29) is 5.78 Å². The molecule has 3 heteroatoms. The standard InChI is InChI=1S/C15H20O2S/c1-11-3-4-14(12(2)9-11)15(16)10-18-13-5-7-17-8-6-13/h3-4,9,13H,5-8,10H2,1-2H3. The maximum absolute atomic E-state index is 12.2. The van der Waals surface area contributed by atoms with E-state index in [1.807, 2.05) is 19.1 Å². The number of hydrogen-bond donors (Lipinski definition) is 0. The zero-order valence-corrected chi connectivity index (χ0v) is 11.9. The minimum atomic E-state index is 0.254. The third-order valence-electron chi connectivity index (χ3n) is 3.30. The average molecular weight is 264 g/mol. The van der Waals surface area contributed by atoms with Crippen molar-refractivity contribution in [2.24, 2.45) is 0 Å². The highest BCUT2D eigenvalue weighted by atomic mass is 32.2. The number of aryl methyl sites for hydroxylation is 2. The molecule has 0 aromatic heterocycles. The summed E-state index contributed by atoms with van der Waals surface area (Å²) in [5.74, 6) is 0.846. The van der Waals surface area contributed by atoms with E-state index in [1.165, 1.54) is 5.56 Å². The molecule has 0 spiro atoms. The summed E-state index contributed by atoms with van der Waals surface area (Å²) >= 11 is 1.78. The fourth-order valence-corrected chi connectivity index (χ4v) is 3.31. The Morgan fingerprint density at radius 3 is 2.72 bits per heavy atom. The van der Waals surface area contributed by atoms with Gasteiger partial charge in [0.25, 0.3) is 0 Å². The number of ketones is 1. The normalized spacial score (nSPS) is 16.8. The minimum Gasteiger partial charge on any atom is -0.381 e. The van der Waals surface area contributed by atoms with Crippen molar-refractivity contribution in [1.29, 1.82) is 0 Å². The van der Waals surface area contributed by atoms with Crippen molar-refractivity contribution in [3.63, 3.8) is 0 Å². The van der Waals surface area contributed by atoms with Gasteiger partial charge in [-0.3, -0.25) is 4.79 Å². The van der Waals surface area contributed by atoms with Crippen molar-refractivity contribution in [3.8, 4) is 0 Å². The summed E-state index contributed by atoms with van der Waals surface area (Å²) in [6.45, 7) is 5.75. The van der Waals surface area contributed by atoms with Crippen LogP contribution in [0, 0.1) is 13.8 Å². The van der Waals surface area contributed by atoms with Gasteiger partial charge in [0.05, 0.1) is 5.75 Å². The molecule has 1 heterocycles. The van der Waals surface area contributed by atoms with Crippen LogP contribution in [0.3, 0.4) is 0 Å². The number of Topliss-reactive ketones (excluding diaryl/α,β-unsaturated/α-hetero) is 1. The Morgan fingerprint density at radius 2 is 2.06 bits per heavy atom. The van der Waals surface area contributed by atoms with Crippen molar-refractivity contribution >= 4 is 17.5 Å². The number of hydrogen-bond acceptors (Lipinski definition) is 3. The summed E-state index contributed by atoms with van der Waals surface area (Å²) in [6, 6.07) is 6.04. The largest absolute Gasteiger partial charge is 0.381 e. The van der Waals surface area contributed by atoms with Gasteiger partial charge in [0.2, 0.25) is 0 Å². The smallest absolute Gasteiger partial charge is 0.172 e. The fourth-order valence-electron chi connectivity index (χ4n) is 2.24. The van der Waals surface area contributed by atoms with Crippen LogP contribution in [0.15, 0.2) is 18.2 Å². The van der Waals surface area contributed by atoms with Gasteiger partial charge in [0, 0.05) is 24.0 Å². The van der Waals surface area contributed by atoms with E-state index in [2.05, 4.69) is 13.0 Å². The lowest BCUT2D eigenvalue weighted by Gasteiger charge is -2.21. The Morgan fingerprint density at radius 1 is 1.33 bits per heavy atom. The molecule has 0 atom stereocenters. The van der Waals surface area contributed by atoms with Crippen LogP contribution in [0.25, 0.3) is 0 Å². The van der Waals surface area contributed by atoms with Gasteiger partial charge in [0.1, 0.15) is 0 Å². The topological polar surface area (TPSA) is 26.3 Å². The molecule has 1 fully saturated rings. The molecule has 98 valence electrons. The van der Waals surface area contributed by atoms with E-state index in [4.69, 9.17) is 4.74 Å². The van der Waals surface area contributed by atoms with Gasteiger partial charge >= 0.3 is 0 Å². The Bertz CT molecular complexity index is 423. The lowest BCUT2D eigenvalue weighted by atomic mass is 10.0. The third kappa shape index (κ3) is 3.59. The molecular formula is C15H20O2S. The molecule has 1 aliphatic rings. The predicted molar refractivity (Wildman–Crippen MR) is 76.5 cm³/mol. The van der Waals surface area contributed by atoms with Crippen molar-refractivity contribution in [1.82, 2.24) is 0 Å². The zero-order chi connectivity index (χ0) is 13.0. The molecule has 0 amide bonds. The molecule has 0 unspecified atom stereocenters. The molecule has 2 nitrogen and oxygen atoms in total. The summed E-state index contributed by atoms with van der Waals surface area (Å²) in [4.78, 5) is 12.2. The summed E-state index contributed by atoms with van der Waals surface area (Å²) in [5, 5.41) is 0.591. The highest BCUT2D eigenvalue weighted by Gasteiger charge is 2.17. The lowest BCUT2D eigenvalue weighted by molar-refractivity contribution is 0.0988. The van der Waals surface area contributed by atoms with E-state index < -0.39 is 0 Å². The molecule has 0 radical (unpaired) electrons. The van der Waals surface area contributed by atoms with E-state index in [0.717, 1.165) is 37.2 Å². The van der Waals surface area contributed by atoms with Gasteiger partial charge in [-0.2, -0.15) is 11.8 Å². The second kappa shape index (κ2) is 6.39. The fraction of sp³-hybridized carbons (Fsp3) is 0.533. The van der Waals surface area contributed by atoms with Gasteiger partial charge < -0.3 is 4.74 Å². The van der Waals surface area contributed by atoms with Gasteiger partial charge in [-0.05, 0) is 32.3 Å². The van der Waals surface area contributed by atoms with Crippen LogP contribution in [0.1, 0.15) is 34.3 Å². The number of ether oxygens (including phenoxy) is 1. The monoisotopic (exact) mass is 264 g/mol. The molecule has 1 aliphatic heterocycles. The van der Waals surface area contributed by atoms with Crippen LogP contribution < -0.4 is 0 Å². The van der Waals surface area contributed by atoms with E-state index in [0.29, 0.717) is 11.0 Å². The summed E-state index contributed by atoms with van der Waals surface area (Å²) < 4.78 is 5.33. The Balaban J connectivity index is 1.90. The van der Waals surface area contributed by atoms with Gasteiger partial charge in [-0.25, -0.2) is 0 Å². The molecular weight excluding hydrogens is 244 g/mol. The highest BCUT2D eigenvalue weighted by molar-refractivity contribution is 8.00. The van der Waals surface area contributed by atoms with E-state index in [1.54, 1.807) is 11.8 Å². The molecule has 0 saturated carbocycles. The molecule has 1 aromatic carbocycles. The number of carbonyl (C=O) groups is 1. The third-order valence-corrected chi connectivity index (χ3v) is 4.67. The highest BCUT2D eigenvalue weighted by Crippen LogP contribution is 2.23. The maximum atomic E-state index is 12.2. The van der Waals surface area contributed by atoms with Crippen molar-refractivity contribution < 1.29 is 9.53 Å². The van der Waals surface area contributed by atoms with Gasteiger partial charge in [-0.1, -0.05) is 23.8 Å². The molecule has 0 bridgehead atoms. The Hall–Kier alpha value is -0.800. The first-order chi connectivity index (χ1) is 8.66. The van der Waals surface area contributed by atoms with E-state index in [9.17, 15) is 4.79 Å². The van der Waals surface area contributed by atoms with Gasteiger partial charge in [-0.15, -0.1) is 0 Å². The molecule has 18 heavy (non-hydrogen) atoms. The maximum Gasteiger partial charge on any atom is 0.172 e. The number of rotatable bonds is 4. The van der Waals surface area contributed by atoms with Crippen molar-refractivity contribution in [2.75, 3.05) is 19.0 Å². The molecule has 1 aromatic rings. The van der Waals surface area contributed by atoms with Gasteiger partial charge in [0.15, 0.2) is 5.78 Å². The number of benzene rings is 1.